The van der Waals surface area contributed by atoms with Gasteiger partial charge in [0.05, 0.1) is 18.3 Å². The van der Waals surface area contributed by atoms with Gasteiger partial charge in [-0.05, 0) is 25.8 Å². The Bertz CT molecular complexity index is 696. The number of aryl methyl sites for hydroxylation is 2. The molecule has 1 aliphatic heterocycles. The molecule has 1 fully saturated rings. The number of carbonyl (C=O) groups excluding carboxylic acids is 1. The van der Waals surface area contributed by atoms with E-state index in [2.05, 4.69) is 9.88 Å². The van der Waals surface area contributed by atoms with Crippen molar-refractivity contribution < 1.29 is 9.21 Å². The van der Waals surface area contributed by atoms with Crippen LogP contribution in [0.15, 0.2) is 34.7 Å². The minimum absolute atomic E-state index is 0. The lowest BCUT2D eigenvalue weighted by atomic mass is 10.1. The van der Waals surface area contributed by atoms with Crippen LogP contribution in [-0.4, -0.2) is 52.9 Å². The minimum atomic E-state index is -0.481. The van der Waals surface area contributed by atoms with Gasteiger partial charge < -0.3 is 15.1 Å². The molecule has 2 N–H and O–H groups in total. The van der Waals surface area contributed by atoms with Gasteiger partial charge in [-0.2, -0.15) is 0 Å². The van der Waals surface area contributed by atoms with Crippen LogP contribution in [0.2, 0.25) is 0 Å². The fourth-order valence-electron chi connectivity index (χ4n) is 3.11. The van der Waals surface area contributed by atoms with E-state index in [0.29, 0.717) is 26.1 Å². The van der Waals surface area contributed by atoms with Crippen molar-refractivity contribution in [1.29, 1.82) is 0 Å². The maximum Gasteiger partial charge on any atom is 0.239 e. The summed E-state index contributed by atoms with van der Waals surface area (Å²) in [6.07, 6.45) is 0.578. The molecule has 0 radical (unpaired) electrons. The molecule has 0 spiro atoms. The number of carbonyl (C=O) groups is 1. The summed E-state index contributed by atoms with van der Waals surface area (Å²) in [7, 11) is 0. The number of rotatable bonds is 5. The second kappa shape index (κ2) is 10.7. The van der Waals surface area contributed by atoms with Crippen LogP contribution >= 0.6 is 24.8 Å². The molecule has 2 aromatic rings. The fourth-order valence-corrected chi connectivity index (χ4v) is 3.11. The van der Waals surface area contributed by atoms with E-state index in [9.17, 15) is 4.79 Å². The monoisotopic (exact) mass is 414 g/mol. The third-order valence-electron chi connectivity index (χ3n) is 4.73. The predicted octanol–water partition coefficient (Wildman–Crippen LogP) is 2.35. The second-order valence-corrected chi connectivity index (χ2v) is 6.65. The summed E-state index contributed by atoms with van der Waals surface area (Å²) < 4.78 is 5.64. The molecule has 1 atom stereocenters. The van der Waals surface area contributed by atoms with E-state index in [0.717, 1.165) is 36.0 Å². The second-order valence-electron chi connectivity index (χ2n) is 6.65. The topological polar surface area (TPSA) is 75.6 Å². The summed E-state index contributed by atoms with van der Waals surface area (Å²) in [6.45, 7) is 7.57. The lowest BCUT2D eigenvalue weighted by Crippen LogP contribution is -2.53. The molecule has 1 aromatic carbocycles. The summed E-state index contributed by atoms with van der Waals surface area (Å²) in [4.78, 5) is 21.1. The first-order valence-electron chi connectivity index (χ1n) is 8.76. The van der Waals surface area contributed by atoms with Gasteiger partial charge in [-0.3, -0.25) is 9.69 Å². The normalized spacial score (nSPS) is 15.6. The number of amides is 1. The highest BCUT2D eigenvalue weighted by Gasteiger charge is 2.26. The van der Waals surface area contributed by atoms with Crippen LogP contribution in [-0.2, 0) is 17.8 Å². The Morgan fingerprint density at radius 1 is 1.15 bits per heavy atom. The molecular weight excluding hydrogens is 387 g/mol. The van der Waals surface area contributed by atoms with E-state index < -0.39 is 6.04 Å². The van der Waals surface area contributed by atoms with Crippen LogP contribution in [0.3, 0.4) is 0 Å². The summed E-state index contributed by atoms with van der Waals surface area (Å²) in [5.41, 5.74) is 8.16. The summed E-state index contributed by atoms with van der Waals surface area (Å²) in [5, 5.41) is 0. The van der Waals surface area contributed by atoms with Crippen LogP contribution < -0.4 is 5.73 Å². The van der Waals surface area contributed by atoms with Crippen LogP contribution in [0.5, 0.6) is 0 Å². The lowest BCUT2D eigenvalue weighted by molar-refractivity contribution is -0.134. The first kappa shape index (κ1) is 23.4. The van der Waals surface area contributed by atoms with Gasteiger partial charge in [-0.25, -0.2) is 4.98 Å². The Kier molecular flexibility index (Phi) is 9.26. The highest BCUT2D eigenvalue weighted by atomic mass is 35.5. The molecule has 1 aromatic heterocycles. The minimum Gasteiger partial charge on any atom is -0.444 e. The average molecular weight is 415 g/mol. The molecule has 0 bridgehead atoms. The van der Waals surface area contributed by atoms with Gasteiger partial charge in [0.15, 0.2) is 0 Å². The smallest absolute Gasteiger partial charge is 0.239 e. The van der Waals surface area contributed by atoms with Gasteiger partial charge in [0.1, 0.15) is 5.76 Å². The first-order valence-corrected chi connectivity index (χ1v) is 8.76. The van der Waals surface area contributed by atoms with Crippen molar-refractivity contribution >= 4 is 30.7 Å². The highest BCUT2D eigenvalue weighted by Crippen LogP contribution is 2.13. The molecule has 1 unspecified atom stereocenters. The molecule has 2 heterocycles. The summed E-state index contributed by atoms with van der Waals surface area (Å²) in [5.74, 6) is 1.65. The van der Waals surface area contributed by atoms with Gasteiger partial charge >= 0.3 is 0 Å². The maximum absolute atomic E-state index is 12.6. The van der Waals surface area contributed by atoms with Crippen LogP contribution in [0.1, 0.15) is 22.9 Å². The average Bonchev–Trinajstić information content (AvgIpc) is 2.93. The zero-order chi connectivity index (χ0) is 17.8. The SMILES string of the molecule is Cc1nc(CN2CCN(C(=O)C(N)Cc3ccccc3)CC2)oc1C.Cl.Cl. The number of oxazole rings is 1. The number of hydrogen-bond acceptors (Lipinski definition) is 5. The Balaban J connectivity index is 0.00000182. The third kappa shape index (κ3) is 6.21. The summed E-state index contributed by atoms with van der Waals surface area (Å²) in [6, 6.07) is 9.43. The van der Waals surface area contributed by atoms with Crippen LogP contribution in [0.4, 0.5) is 0 Å². The number of halogens is 2. The predicted molar refractivity (Wildman–Crippen MR) is 110 cm³/mol. The van der Waals surface area contributed by atoms with Crippen molar-refractivity contribution in [2.24, 2.45) is 5.73 Å². The number of hydrogen-bond donors (Lipinski definition) is 1. The Morgan fingerprint density at radius 3 is 2.33 bits per heavy atom. The number of aromatic nitrogens is 1. The van der Waals surface area contributed by atoms with Gasteiger partial charge in [-0.15, -0.1) is 24.8 Å². The molecular formula is C19H28Cl2N4O2. The number of nitrogens with two attached hydrogens (primary N) is 1. The third-order valence-corrected chi connectivity index (χ3v) is 4.73. The molecule has 1 saturated heterocycles. The lowest BCUT2D eigenvalue weighted by Gasteiger charge is -2.35. The van der Waals surface area contributed by atoms with Crippen LogP contribution in [0, 0.1) is 13.8 Å². The number of piperazine rings is 1. The van der Waals surface area contributed by atoms with E-state index >= 15 is 0 Å². The van der Waals surface area contributed by atoms with E-state index in [4.69, 9.17) is 10.2 Å². The van der Waals surface area contributed by atoms with Crippen LogP contribution in [0.25, 0.3) is 0 Å². The zero-order valence-corrected chi connectivity index (χ0v) is 17.4. The highest BCUT2D eigenvalue weighted by molar-refractivity contribution is 5.85. The molecule has 8 heteroatoms. The largest absolute Gasteiger partial charge is 0.444 e. The standard InChI is InChI=1S/C19H26N4O2.2ClH/c1-14-15(2)25-18(21-14)13-22-8-10-23(11-9-22)19(24)17(20)12-16-6-4-3-5-7-16;;/h3-7,17H,8-13,20H2,1-2H3;2*1H. The molecule has 27 heavy (non-hydrogen) atoms. The van der Waals surface area contributed by atoms with E-state index in [1.165, 1.54) is 0 Å². The van der Waals surface area contributed by atoms with Gasteiger partial charge in [-0.1, -0.05) is 30.3 Å². The fraction of sp³-hybridized carbons (Fsp3) is 0.474. The van der Waals surface area contributed by atoms with Crippen molar-refractivity contribution in [2.75, 3.05) is 26.2 Å². The number of benzene rings is 1. The van der Waals surface area contributed by atoms with Crippen molar-refractivity contribution in [3.05, 3.63) is 53.2 Å². The Hall–Kier alpha value is -1.60. The first-order chi connectivity index (χ1) is 12.0. The molecule has 1 amide bonds. The van der Waals surface area contributed by atoms with Gasteiger partial charge in [0.25, 0.3) is 0 Å². The van der Waals surface area contributed by atoms with E-state index in [1.807, 2.05) is 49.1 Å². The molecule has 0 aliphatic carbocycles. The van der Waals surface area contributed by atoms with Crippen molar-refractivity contribution in [3.8, 4) is 0 Å². The maximum atomic E-state index is 12.6. The Morgan fingerprint density at radius 2 is 1.78 bits per heavy atom. The molecule has 0 saturated carbocycles. The Labute approximate surface area is 172 Å². The van der Waals surface area contributed by atoms with Gasteiger partial charge in [0, 0.05) is 26.2 Å². The van der Waals surface area contributed by atoms with Crippen molar-refractivity contribution in [2.45, 2.75) is 32.9 Å². The van der Waals surface area contributed by atoms with E-state index in [1.54, 1.807) is 0 Å². The van der Waals surface area contributed by atoms with E-state index in [-0.39, 0.29) is 30.7 Å². The zero-order valence-electron chi connectivity index (χ0n) is 15.8. The molecule has 3 rings (SSSR count). The molecule has 1 aliphatic rings. The number of nitrogens with zero attached hydrogens (tertiary/aromatic N) is 3. The van der Waals surface area contributed by atoms with Crippen molar-refractivity contribution in [3.63, 3.8) is 0 Å². The molecule has 150 valence electrons. The summed E-state index contributed by atoms with van der Waals surface area (Å²) >= 11 is 0. The molecule has 6 nitrogen and oxygen atoms in total. The quantitative estimate of drug-likeness (QED) is 0.812. The van der Waals surface area contributed by atoms with Gasteiger partial charge in [0.2, 0.25) is 11.8 Å². The van der Waals surface area contributed by atoms with Crippen molar-refractivity contribution in [1.82, 2.24) is 14.8 Å².